The molecule has 0 bridgehead atoms. The van der Waals surface area contributed by atoms with E-state index in [0.717, 1.165) is 5.56 Å². The molecule has 0 spiro atoms. The highest BCUT2D eigenvalue weighted by Crippen LogP contribution is 2.17. The van der Waals surface area contributed by atoms with Crippen molar-refractivity contribution in [2.45, 2.75) is 19.3 Å². The summed E-state index contributed by atoms with van der Waals surface area (Å²) < 4.78 is 41.4. The van der Waals surface area contributed by atoms with Crippen LogP contribution in [0.1, 0.15) is 21.5 Å². The molecule has 0 saturated carbocycles. The quantitative estimate of drug-likeness (QED) is 0.529. The second-order valence-corrected chi connectivity index (χ2v) is 6.58. The molecule has 2 N–H and O–H groups in total. The molecule has 1 aromatic heterocycles. The Bertz CT molecular complexity index is 867. The molecule has 0 saturated heterocycles. The monoisotopic (exact) mass is 423 g/mol. The fraction of sp³-hybridized carbons (Fsp3) is 0.350. The van der Waals surface area contributed by atoms with Gasteiger partial charge in [0, 0.05) is 52.1 Å². The molecule has 1 aromatic carbocycles. The summed E-state index contributed by atoms with van der Waals surface area (Å²) in [6, 6.07) is 10.3. The lowest BCUT2D eigenvalue weighted by Gasteiger charge is -2.14. The molecule has 0 aliphatic rings. The number of amides is 1. The van der Waals surface area contributed by atoms with Gasteiger partial charge in [0.2, 0.25) is 5.88 Å². The van der Waals surface area contributed by atoms with Crippen LogP contribution in [0.25, 0.3) is 0 Å². The van der Waals surface area contributed by atoms with Crippen LogP contribution in [-0.4, -0.2) is 55.7 Å². The van der Waals surface area contributed by atoms with Gasteiger partial charge in [-0.25, -0.2) is 4.98 Å². The van der Waals surface area contributed by atoms with E-state index in [0.29, 0.717) is 30.2 Å². The predicted molar refractivity (Wildman–Crippen MR) is 107 cm³/mol. The van der Waals surface area contributed by atoms with Crippen molar-refractivity contribution < 1.29 is 22.7 Å². The van der Waals surface area contributed by atoms with E-state index >= 15 is 0 Å². The summed E-state index contributed by atoms with van der Waals surface area (Å²) in [5, 5.41) is 6.21. The highest BCUT2D eigenvalue weighted by molar-refractivity contribution is 5.93. The summed E-state index contributed by atoms with van der Waals surface area (Å²) in [7, 11) is 5.00. The smallest absolute Gasteiger partial charge is 0.422 e. The van der Waals surface area contributed by atoms with E-state index in [-0.39, 0.29) is 11.8 Å². The number of nitrogens with one attached hydrogen (secondary N) is 2. The van der Waals surface area contributed by atoms with Crippen LogP contribution in [0.3, 0.4) is 0 Å². The van der Waals surface area contributed by atoms with Crippen molar-refractivity contribution in [1.29, 1.82) is 0 Å². The van der Waals surface area contributed by atoms with Crippen LogP contribution in [0.4, 0.5) is 13.2 Å². The van der Waals surface area contributed by atoms with E-state index in [1.54, 1.807) is 39.3 Å². The number of carbonyl (C=O) groups excluding carboxylic acids is 1. The predicted octanol–water partition coefficient (Wildman–Crippen LogP) is 2.59. The average molecular weight is 423 g/mol. The van der Waals surface area contributed by atoms with Gasteiger partial charge in [-0.1, -0.05) is 12.1 Å². The molecule has 0 fully saturated rings. The largest absolute Gasteiger partial charge is 0.468 e. The van der Waals surface area contributed by atoms with Gasteiger partial charge < -0.3 is 20.3 Å². The highest BCUT2D eigenvalue weighted by atomic mass is 19.4. The molecule has 162 valence electrons. The zero-order chi connectivity index (χ0) is 22.1. The molecule has 0 radical (unpaired) electrons. The fourth-order valence-electron chi connectivity index (χ4n) is 2.41. The Kier molecular flexibility index (Phi) is 8.02. The number of pyridine rings is 1. The van der Waals surface area contributed by atoms with Gasteiger partial charge in [0.05, 0.1) is 0 Å². The molecule has 0 atom stereocenters. The molecule has 10 heteroatoms. The molecule has 7 nitrogen and oxygen atoms in total. The van der Waals surface area contributed by atoms with Crippen LogP contribution < -0.4 is 15.4 Å². The van der Waals surface area contributed by atoms with Gasteiger partial charge in [-0.3, -0.25) is 9.79 Å². The number of halogens is 3. The van der Waals surface area contributed by atoms with Gasteiger partial charge in [0.1, 0.15) is 0 Å². The summed E-state index contributed by atoms with van der Waals surface area (Å²) in [6.07, 6.45) is -3.03. The topological polar surface area (TPSA) is 78.9 Å². The maximum atomic E-state index is 12.3. The van der Waals surface area contributed by atoms with Crippen LogP contribution >= 0.6 is 0 Å². The Morgan fingerprint density at radius 2 is 1.73 bits per heavy atom. The number of carbonyl (C=O) groups is 1. The Labute approximate surface area is 173 Å². The Morgan fingerprint density at radius 1 is 1.10 bits per heavy atom. The Morgan fingerprint density at radius 3 is 2.30 bits per heavy atom. The molecule has 2 rings (SSSR count). The summed E-state index contributed by atoms with van der Waals surface area (Å²) in [5.41, 5.74) is 2.25. The number of hydrogen-bond donors (Lipinski definition) is 2. The maximum absolute atomic E-state index is 12.3. The number of aliphatic imine (C=N–C) groups is 1. The third-order valence-electron chi connectivity index (χ3n) is 3.93. The zero-order valence-electron chi connectivity index (χ0n) is 17.0. The maximum Gasteiger partial charge on any atom is 0.422 e. The molecule has 2 aromatic rings. The lowest BCUT2D eigenvalue weighted by molar-refractivity contribution is -0.154. The van der Waals surface area contributed by atoms with Gasteiger partial charge >= 0.3 is 6.18 Å². The second kappa shape index (κ2) is 10.5. The lowest BCUT2D eigenvalue weighted by atomic mass is 10.1. The standard InChI is InChI=1S/C20H24F3N5O2/c1-24-19(26-11-14-4-6-16(7-5-14)18(29)28(2)3)27-12-15-8-9-25-17(10-15)30-13-20(21,22)23/h4-10H,11-13H2,1-3H3,(H2,24,26,27). The summed E-state index contributed by atoms with van der Waals surface area (Å²) >= 11 is 0. The number of ether oxygens (including phenoxy) is 1. The van der Waals surface area contributed by atoms with E-state index < -0.39 is 12.8 Å². The molecule has 30 heavy (non-hydrogen) atoms. The van der Waals surface area contributed by atoms with E-state index in [2.05, 4.69) is 25.3 Å². The first-order valence-electron chi connectivity index (χ1n) is 9.07. The van der Waals surface area contributed by atoms with Crippen LogP contribution in [-0.2, 0) is 13.1 Å². The van der Waals surface area contributed by atoms with Gasteiger partial charge in [0.15, 0.2) is 12.6 Å². The minimum atomic E-state index is -4.42. The van der Waals surface area contributed by atoms with Crippen LogP contribution in [0.15, 0.2) is 47.6 Å². The number of hydrogen-bond acceptors (Lipinski definition) is 4. The molecular weight excluding hydrogens is 399 g/mol. The zero-order valence-corrected chi connectivity index (χ0v) is 17.0. The molecular formula is C20H24F3N5O2. The first kappa shape index (κ1) is 23.0. The van der Waals surface area contributed by atoms with Gasteiger partial charge in [-0.05, 0) is 29.3 Å². The third-order valence-corrected chi connectivity index (χ3v) is 3.93. The van der Waals surface area contributed by atoms with E-state index in [1.807, 2.05) is 12.1 Å². The molecule has 1 heterocycles. The van der Waals surface area contributed by atoms with Crippen molar-refractivity contribution in [2.75, 3.05) is 27.7 Å². The molecule has 0 aliphatic heterocycles. The number of rotatable bonds is 7. The van der Waals surface area contributed by atoms with Crippen LogP contribution in [0.2, 0.25) is 0 Å². The van der Waals surface area contributed by atoms with Crippen LogP contribution in [0.5, 0.6) is 5.88 Å². The summed E-state index contributed by atoms with van der Waals surface area (Å²) in [4.78, 5) is 21.3. The lowest BCUT2D eigenvalue weighted by Crippen LogP contribution is -2.36. The van der Waals surface area contributed by atoms with Gasteiger partial charge in [0.25, 0.3) is 5.91 Å². The van der Waals surface area contributed by atoms with Gasteiger partial charge in [-0.15, -0.1) is 0 Å². The highest BCUT2D eigenvalue weighted by Gasteiger charge is 2.28. The third kappa shape index (κ3) is 7.61. The number of aromatic nitrogens is 1. The van der Waals surface area contributed by atoms with E-state index in [4.69, 9.17) is 0 Å². The number of benzene rings is 1. The molecule has 0 aliphatic carbocycles. The van der Waals surface area contributed by atoms with Crippen molar-refractivity contribution in [3.63, 3.8) is 0 Å². The average Bonchev–Trinajstić information content (AvgIpc) is 2.72. The van der Waals surface area contributed by atoms with Crippen molar-refractivity contribution >= 4 is 11.9 Å². The first-order chi connectivity index (χ1) is 14.2. The fourth-order valence-corrected chi connectivity index (χ4v) is 2.41. The Balaban J connectivity index is 1.86. The van der Waals surface area contributed by atoms with Crippen LogP contribution in [0, 0.1) is 0 Å². The minimum absolute atomic E-state index is 0.0667. The Hall–Kier alpha value is -3.30. The molecule has 1 amide bonds. The summed E-state index contributed by atoms with van der Waals surface area (Å²) in [6.45, 7) is -0.591. The van der Waals surface area contributed by atoms with Gasteiger partial charge in [-0.2, -0.15) is 13.2 Å². The second-order valence-electron chi connectivity index (χ2n) is 6.58. The van der Waals surface area contributed by atoms with Crippen molar-refractivity contribution in [3.05, 3.63) is 59.3 Å². The van der Waals surface area contributed by atoms with Crippen molar-refractivity contribution in [2.24, 2.45) is 4.99 Å². The van der Waals surface area contributed by atoms with Crippen molar-refractivity contribution in [3.8, 4) is 5.88 Å². The normalized spacial score (nSPS) is 11.7. The number of guanidine groups is 1. The van der Waals surface area contributed by atoms with E-state index in [1.165, 1.54) is 17.2 Å². The number of nitrogens with zero attached hydrogens (tertiary/aromatic N) is 3. The SMILES string of the molecule is CN=C(NCc1ccc(C(=O)N(C)C)cc1)NCc1ccnc(OCC(F)(F)F)c1. The molecule has 0 unspecified atom stereocenters. The summed E-state index contributed by atoms with van der Waals surface area (Å²) in [5.74, 6) is 0.350. The number of alkyl halides is 3. The first-order valence-corrected chi connectivity index (χ1v) is 9.07. The van der Waals surface area contributed by atoms with E-state index in [9.17, 15) is 18.0 Å². The minimum Gasteiger partial charge on any atom is -0.468 e. The van der Waals surface area contributed by atoms with Crippen molar-refractivity contribution in [1.82, 2.24) is 20.5 Å².